The highest BCUT2D eigenvalue weighted by Gasteiger charge is 2.18. The number of ether oxygens (including phenoxy) is 1. The van der Waals surface area contributed by atoms with Crippen LogP contribution in [0.4, 0.5) is 0 Å². The summed E-state index contributed by atoms with van der Waals surface area (Å²) in [5.74, 6) is 0.610. The normalized spacial score (nSPS) is 20.7. The monoisotopic (exact) mass is 217 g/mol. The van der Waals surface area contributed by atoms with E-state index < -0.39 is 0 Å². The Morgan fingerprint density at radius 2 is 2.14 bits per heavy atom. The second-order valence-corrected chi connectivity index (χ2v) is 4.01. The van der Waals surface area contributed by atoms with E-state index in [4.69, 9.17) is 16.3 Å². The molecule has 82 valence electrons. The van der Waals surface area contributed by atoms with Crippen molar-refractivity contribution >= 4 is 11.6 Å². The molecule has 14 heavy (non-hydrogen) atoms. The number of likely N-dealkylation sites (tertiary alicyclic amines) is 1. The van der Waals surface area contributed by atoms with E-state index >= 15 is 0 Å². The number of hydrogen-bond donors (Lipinski definition) is 0. The highest BCUT2D eigenvalue weighted by atomic mass is 35.5. The van der Waals surface area contributed by atoms with Gasteiger partial charge < -0.3 is 4.74 Å². The van der Waals surface area contributed by atoms with Crippen molar-refractivity contribution in [3.63, 3.8) is 0 Å². The number of rotatable bonds is 5. The Bertz CT molecular complexity index is 165. The van der Waals surface area contributed by atoms with E-state index in [1.807, 2.05) is 0 Å². The Labute approximate surface area is 91.9 Å². The van der Waals surface area contributed by atoms with Crippen LogP contribution in [0.5, 0.6) is 0 Å². The van der Waals surface area contributed by atoms with Crippen molar-refractivity contribution in [1.29, 1.82) is 0 Å². The fourth-order valence-corrected chi connectivity index (χ4v) is 1.81. The Hall–Kier alpha value is -0.0500. The molecule has 0 bridgehead atoms. The van der Waals surface area contributed by atoms with Gasteiger partial charge in [-0.2, -0.15) is 0 Å². The first-order valence-corrected chi connectivity index (χ1v) is 5.91. The van der Waals surface area contributed by atoms with Crippen LogP contribution in [-0.2, 0) is 4.74 Å². The van der Waals surface area contributed by atoms with Crippen LogP contribution in [-0.4, -0.2) is 43.1 Å². The lowest BCUT2D eigenvalue weighted by atomic mass is 10.1. The van der Waals surface area contributed by atoms with Crippen LogP contribution in [0.3, 0.4) is 0 Å². The first kappa shape index (κ1) is 12.0. The summed E-state index contributed by atoms with van der Waals surface area (Å²) in [5.41, 5.74) is 0. The lowest BCUT2D eigenvalue weighted by molar-refractivity contribution is 0.0177. The van der Waals surface area contributed by atoms with Gasteiger partial charge in [0.25, 0.3) is 0 Å². The molecule has 0 radical (unpaired) electrons. The Balaban J connectivity index is 2.11. The quantitative estimate of drug-likeness (QED) is 0.518. The van der Waals surface area contributed by atoms with E-state index in [-0.39, 0.29) is 0 Å². The third-order valence-corrected chi connectivity index (χ3v) is 2.72. The number of alkyl halides is 1. The van der Waals surface area contributed by atoms with Gasteiger partial charge in [0, 0.05) is 25.5 Å². The zero-order valence-corrected chi connectivity index (χ0v) is 9.67. The van der Waals surface area contributed by atoms with Crippen molar-refractivity contribution in [2.75, 3.05) is 32.1 Å². The maximum Gasteiger partial charge on any atom is 0.0605 e. The summed E-state index contributed by atoms with van der Waals surface area (Å²) in [6, 6.07) is 0. The molecule has 0 aromatic carbocycles. The number of halogens is 1. The van der Waals surface area contributed by atoms with Gasteiger partial charge in [0.05, 0.1) is 12.7 Å². The van der Waals surface area contributed by atoms with Crippen molar-refractivity contribution in [2.24, 2.45) is 0 Å². The molecule has 0 saturated carbocycles. The summed E-state index contributed by atoms with van der Waals surface area (Å²) >= 11 is 5.57. The van der Waals surface area contributed by atoms with Crippen molar-refractivity contribution in [3.05, 3.63) is 12.2 Å². The van der Waals surface area contributed by atoms with Crippen molar-refractivity contribution in [3.8, 4) is 0 Å². The first-order valence-electron chi connectivity index (χ1n) is 5.38. The predicted octanol–water partition coefficient (Wildman–Crippen LogP) is 2.28. The molecule has 2 nitrogen and oxygen atoms in total. The molecule has 1 aliphatic rings. The zero-order valence-electron chi connectivity index (χ0n) is 8.92. The van der Waals surface area contributed by atoms with E-state index in [0.717, 1.165) is 32.5 Å². The van der Waals surface area contributed by atoms with Gasteiger partial charge in [-0.3, -0.25) is 4.90 Å². The minimum atomic E-state index is 0.440. The van der Waals surface area contributed by atoms with E-state index in [2.05, 4.69) is 24.0 Å². The molecule has 0 aromatic heterocycles. The van der Waals surface area contributed by atoms with Crippen molar-refractivity contribution < 1.29 is 4.74 Å². The number of allylic oxidation sites excluding steroid dienone is 1. The Kier molecular flexibility index (Phi) is 6.24. The lowest BCUT2D eigenvalue weighted by Crippen LogP contribution is -2.37. The fraction of sp³-hybridized carbons (Fsp3) is 0.818. The molecule has 1 rings (SSSR count). The van der Waals surface area contributed by atoms with Crippen LogP contribution < -0.4 is 0 Å². The van der Waals surface area contributed by atoms with Crippen molar-refractivity contribution in [1.82, 2.24) is 4.90 Å². The maximum atomic E-state index is 5.61. The lowest BCUT2D eigenvalue weighted by Gasteiger charge is -2.30. The summed E-state index contributed by atoms with van der Waals surface area (Å²) in [4.78, 5) is 2.46. The molecule has 0 aromatic rings. The molecule has 1 saturated heterocycles. The van der Waals surface area contributed by atoms with Gasteiger partial charge in [0.2, 0.25) is 0 Å². The van der Waals surface area contributed by atoms with Crippen LogP contribution in [0.2, 0.25) is 0 Å². The van der Waals surface area contributed by atoms with E-state index in [1.54, 1.807) is 0 Å². The van der Waals surface area contributed by atoms with Gasteiger partial charge in [0.15, 0.2) is 0 Å². The topological polar surface area (TPSA) is 12.5 Å². The minimum absolute atomic E-state index is 0.440. The van der Waals surface area contributed by atoms with Gasteiger partial charge in [-0.25, -0.2) is 0 Å². The third kappa shape index (κ3) is 4.45. The third-order valence-electron chi connectivity index (χ3n) is 2.56. The summed E-state index contributed by atoms with van der Waals surface area (Å²) in [6.45, 7) is 6.14. The average Bonchev–Trinajstić information content (AvgIpc) is 2.25. The van der Waals surface area contributed by atoms with Gasteiger partial charge in [0.1, 0.15) is 0 Å². The smallest absolute Gasteiger partial charge is 0.0605 e. The molecule has 0 unspecified atom stereocenters. The molecule has 0 spiro atoms. The van der Waals surface area contributed by atoms with Crippen LogP contribution in [0, 0.1) is 0 Å². The zero-order chi connectivity index (χ0) is 10.2. The summed E-state index contributed by atoms with van der Waals surface area (Å²) < 4.78 is 5.61. The van der Waals surface area contributed by atoms with Crippen LogP contribution in [0.15, 0.2) is 12.2 Å². The molecule has 1 heterocycles. The summed E-state index contributed by atoms with van der Waals surface area (Å²) in [6.07, 6.45) is 7.05. The van der Waals surface area contributed by atoms with Gasteiger partial charge >= 0.3 is 0 Å². The van der Waals surface area contributed by atoms with E-state index in [0.29, 0.717) is 18.6 Å². The molecule has 3 heteroatoms. The standard InChI is InChI=1S/C11H20ClNO/c1-2-3-7-13-8-4-11(5-9-13)14-10-6-12/h2-3,11H,4-10H2,1H3/b3-2+. The van der Waals surface area contributed by atoms with Crippen LogP contribution in [0.1, 0.15) is 19.8 Å². The molecule has 0 aliphatic carbocycles. The maximum absolute atomic E-state index is 5.61. The number of piperidine rings is 1. The number of nitrogens with zero attached hydrogens (tertiary/aromatic N) is 1. The van der Waals surface area contributed by atoms with Gasteiger partial charge in [-0.15, -0.1) is 11.6 Å². The molecule has 1 aliphatic heterocycles. The molecular formula is C11H20ClNO. The molecule has 0 N–H and O–H groups in total. The molecule has 1 fully saturated rings. The first-order chi connectivity index (χ1) is 6.86. The Morgan fingerprint density at radius 3 is 2.71 bits per heavy atom. The van der Waals surface area contributed by atoms with Gasteiger partial charge in [-0.05, 0) is 19.8 Å². The average molecular weight is 218 g/mol. The predicted molar refractivity (Wildman–Crippen MR) is 60.9 cm³/mol. The van der Waals surface area contributed by atoms with E-state index in [9.17, 15) is 0 Å². The van der Waals surface area contributed by atoms with Crippen molar-refractivity contribution in [2.45, 2.75) is 25.9 Å². The molecular weight excluding hydrogens is 198 g/mol. The summed E-state index contributed by atoms with van der Waals surface area (Å²) in [7, 11) is 0. The summed E-state index contributed by atoms with van der Waals surface area (Å²) in [5, 5.41) is 0. The molecule has 0 amide bonds. The fourth-order valence-electron chi connectivity index (χ4n) is 1.72. The van der Waals surface area contributed by atoms with Crippen LogP contribution in [0.25, 0.3) is 0 Å². The highest BCUT2D eigenvalue weighted by molar-refractivity contribution is 6.17. The Morgan fingerprint density at radius 1 is 1.43 bits per heavy atom. The minimum Gasteiger partial charge on any atom is -0.377 e. The van der Waals surface area contributed by atoms with E-state index in [1.165, 1.54) is 0 Å². The second kappa shape index (κ2) is 7.27. The second-order valence-electron chi connectivity index (χ2n) is 3.63. The highest BCUT2D eigenvalue weighted by Crippen LogP contribution is 2.13. The van der Waals surface area contributed by atoms with Gasteiger partial charge in [-0.1, -0.05) is 12.2 Å². The SMILES string of the molecule is C/C=C/CN1CCC(OCCCl)CC1. The van der Waals surface area contributed by atoms with Crippen LogP contribution >= 0.6 is 11.6 Å². The molecule has 0 atom stereocenters. The largest absolute Gasteiger partial charge is 0.377 e. The number of hydrogen-bond acceptors (Lipinski definition) is 2.